The minimum Gasteiger partial charge on any atom is -0.497 e. The Bertz CT molecular complexity index is 1460. The zero-order valence-electron chi connectivity index (χ0n) is 19.6. The highest BCUT2D eigenvalue weighted by Crippen LogP contribution is 2.37. The maximum atomic E-state index is 13.5. The fraction of sp³-hybridized carbons (Fsp3) is 0.185. The van der Waals surface area contributed by atoms with E-state index in [1.165, 1.54) is 20.3 Å². The summed E-state index contributed by atoms with van der Waals surface area (Å²) in [5.41, 5.74) is 1.59. The summed E-state index contributed by atoms with van der Waals surface area (Å²) in [5.74, 6) is 1.33. The number of methoxy groups -OCH3 is 3. The maximum Gasteiger partial charge on any atom is 0.235 e. The lowest BCUT2D eigenvalue weighted by molar-refractivity contribution is 0.0920. The van der Waals surface area contributed by atoms with Crippen molar-refractivity contribution in [1.29, 1.82) is 0 Å². The van der Waals surface area contributed by atoms with Gasteiger partial charge >= 0.3 is 0 Å². The molecule has 0 atom stereocenters. The van der Waals surface area contributed by atoms with Crippen LogP contribution in [0.5, 0.6) is 23.0 Å². The van der Waals surface area contributed by atoms with E-state index in [1.807, 2.05) is 6.92 Å². The molecule has 35 heavy (non-hydrogen) atoms. The summed E-state index contributed by atoms with van der Waals surface area (Å²) in [4.78, 5) is 26.2. The number of hydrogen-bond donors (Lipinski definition) is 0. The fourth-order valence-electron chi connectivity index (χ4n) is 3.60. The molecule has 1 heterocycles. The summed E-state index contributed by atoms with van der Waals surface area (Å²) >= 11 is 6.26. The summed E-state index contributed by atoms with van der Waals surface area (Å²) in [6.07, 6.45) is 0. The van der Waals surface area contributed by atoms with Gasteiger partial charge in [-0.15, -0.1) is 0 Å². The third-order valence-corrected chi connectivity index (χ3v) is 5.94. The number of aryl methyl sites for hydroxylation is 1. The van der Waals surface area contributed by atoms with Crippen LogP contribution in [0.3, 0.4) is 0 Å². The largest absolute Gasteiger partial charge is 0.497 e. The molecule has 7 nitrogen and oxygen atoms in total. The van der Waals surface area contributed by atoms with Crippen molar-refractivity contribution in [2.24, 2.45) is 0 Å². The molecule has 0 fully saturated rings. The lowest BCUT2D eigenvalue weighted by Gasteiger charge is -2.14. The Balaban J connectivity index is 1.81. The molecule has 0 saturated heterocycles. The Morgan fingerprint density at radius 2 is 1.63 bits per heavy atom. The molecule has 0 radical (unpaired) electrons. The van der Waals surface area contributed by atoms with E-state index in [-0.39, 0.29) is 29.3 Å². The molecule has 1 aromatic heterocycles. The first-order valence-electron chi connectivity index (χ1n) is 10.7. The molecule has 0 saturated carbocycles. The third kappa shape index (κ3) is 4.81. The summed E-state index contributed by atoms with van der Waals surface area (Å²) < 4.78 is 27.8. The summed E-state index contributed by atoms with van der Waals surface area (Å²) in [6, 6.07) is 14.9. The van der Waals surface area contributed by atoms with E-state index in [9.17, 15) is 9.59 Å². The predicted octanol–water partition coefficient (Wildman–Crippen LogP) is 5.71. The number of fused-ring (bicyclic) bond motifs is 1. The van der Waals surface area contributed by atoms with Crippen LogP contribution in [0.25, 0.3) is 22.3 Å². The number of carbonyl (C=O) groups excluding carboxylic acids is 1. The van der Waals surface area contributed by atoms with Crippen LogP contribution in [0.15, 0.2) is 63.8 Å². The topological polar surface area (TPSA) is 84.2 Å². The number of ether oxygens (including phenoxy) is 4. The van der Waals surface area contributed by atoms with Gasteiger partial charge in [-0.3, -0.25) is 9.59 Å². The van der Waals surface area contributed by atoms with Crippen LogP contribution >= 0.6 is 11.6 Å². The average molecular weight is 495 g/mol. The molecule has 4 aromatic rings. The van der Waals surface area contributed by atoms with Crippen molar-refractivity contribution in [3.63, 3.8) is 0 Å². The van der Waals surface area contributed by atoms with Gasteiger partial charge in [-0.1, -0.05) is 11.6 Å². The first kappa shape index (κ1) is 24.2. The van der Waals surface area contributed by atoms with Crippen molar-refractivity contribution in [1.82, 2.24) is 0 Å². The second-order valence-corrected chi connectivity index (χ2v) is 8.10. The lowest BCUT2D eigenvalue weighted by atomic mass is 10.1. The molecule has 0 aliphatic carbocycles. The molecule has 0 aliphatic heterocycles. The molecule has 4 rings (SSSR count). The molecular formula is C27H23ClO7. The molecule has 0 amide bonds. The predicted molar refractivity (Wildman–Crippen MR) is 134 cm³/mol. The zero-order valence-corrected chi connectivity index (χ0v) is 20.4. The van der Waals surface area contributed by atoms with Gasteiger partial charge in [-0.05, 0) is 67.1 Å². The van der Waals surface area contributed by atoms with Crippen LogP contribution in [0.2, 0.25) is 5.02 Å². The maximum absolute atomic E-state index is 13.5. The van der Waals surface area contributed by atoms with Crippen LogP contribution in [0.1, 0.15) is 15.9 Å². The molecule has 3 aromatic carbocycles. The number of hydrogen-bond acceptors (Lipinski definition) is 7. The third-order valence-electron chi connectivity index (χ3n) is 5.54. The summed E-state index contributed by atoms with van der Waals surface area (Å²) in [7, 11) is 4.58. The minimum atomic E-state index is -0.444. The van der Waals surface area contributed by atoms with Crippen LogP contribution in [-0.4, -0.2) is 33.7 Å². The SMILES string of the molecule is COc1ccc(C(=O)COc2c(-c3ccc(OC)c(OC)c3)oc3cc(C)c(Cl)cc3c2=O)cc1. The van der Waals surface area contributed by atoms with Crippen molar-refractivity contribution in [2.45, 2.75) is 6.92 Å². The van der Waals surface area contributed by atoms with Crippen LogP contribution in [0.4, 0.5) is 0 Å². The van der Waals surface area contributed by atoms with Crippen molar-refractivity contribution < 1.29 is 28.2 Å². The average Bonchev–Trinajstić information content (AvgIpc) is 2.88. The van der Waals surface area contributed by atoms with E-state index >= 15 is 0 Å². The van der Waals surface area contributed by atoms with Gasteiger partial charge in [-0.2, -0.15) is 0 Å². The van der Waals surface area contributed by atoms with E-state index in [2.05, 4.69) is 0 Å². The van der Waals surface area contributed by atoms with Crippen molar-refractivity contribution in [3.8, 4) is 34.3 Å². The monoisotopic (exact) mass is 494 g/mol. The first-order chi connectivity index (χ1) is 16.9. The zero-order chi connectivity index (χ0) is 25.1. The Morgan fingerprint density at radius 1 is 0.914 bits per heavy atom. The standard InChI is InChI=1S/C27H23ClO7/c1-15-11-23-19(13-20(15)28)25(30)27(34-14-21(29)16-5-8-18(31-2)9-6-16)26(35-23)17-7-10-22(32-3)24(12-17)33-4/h5-13H,14H2,1-4H3. The molecule has 0 bridgehead atoms. The normalized spacial score (nSPS) is 10.8. The molecule has 0 N–H and O–H groups in total. The van der Waals surface area contributed by atoms with E-state index in [4.69, 9.17) is 35.0 Å². The molecular weight excluding hydrogens is 472 g/mol. The molecule has 8 heteroatoms. The molecule has 0 aliphatic rings. The van der Waals surface area contributed by atoms with Gasteiger partial charge in [-0.25, -0.2) is 0 Å². The summed E-state index contributed by atoms with van der Waals surface area (Å²) in [6.45, 7) is 1.44. The fourth-order valence-corrected chi connectivity index (χ4v) is 3.76. The van der Waals surface area contributed by atoms with Crippen molar-refractivity contribution in [3.05, 3.63) is 81.0 Å². The second-order valence-electron chi connectivity index (χ2n) is 7.70. The molecule has 180 valence electrons. The van der Waals surface area contributed by atoms with Crippen molar-refractivity contribution >= 4 is 28.4 Å². The van der Waals surface area contributed by atoms with Gasteiger partial charge in [0.05, 0.1) is 26.7 Å². The van der Waals surface area contributed by atoms with Gasteiger partial charge < -0.3 is 23.4 Å². The molecule has 0 spiro atoms. The number of benzene rings is 3. The van der Waals surface area contributed by atoms with Gasteiger partial charge in [0.25, 0.3) is 0 Å². The Hall–Kier alpha value is -3.97. The number of ketones is 1. The van der Waals surface area contributed by atoms with Crippen LogP contribution in [-0.2, 0) is 0 Å². The number of Topliss-reactive ketones (excluding diaryl/α,β-unsaturated/α-hetero) is 1. The highest BCUT2D eigenvalue weighted by molar-refractivity contribution is 6.32. The van der Waals surface area contributed by atoms with Crippen molar-refractivity contribution in [2.75, 3.05) is 27.9 Å². The van der Waals surface area contributed by atoms with Gasteiger partial charge in [0.15, 0.2) is 29.6 Å². The highest BCUT2D eigenvalue weighted by atomic mass is 35.5. The smallest absolute Gasteiger partial charge is 0.235 e. The van der Waals surface area contributed by atoms with Crippen LogP contribution < -0.4 is 24.4 Å². The van der Waals surface area contributed by atoms with Gasteiger partial charge in [0, 0.05) is 16.1 Å². The summed E-state index contributed by atoms with van der Waals surface area (Å²) in [5, 5.41) is 0.667. The quantitative estimate of drug-likeness (QED) is 0.290. The Morgan fingerprint density at radius 3 is 2.29 bits per heavy atom. The highest BCUT2D eigenvalue weighted by Gasteiger charge is 2.21. The number of rotatable bonds is 8. The lowest BCUT2D eigenvalue weighted by Crippen LogP contribution is -2.17. The number of carbonyl (C=O) groups is 1. The number of halogens is 1. The second kappa shape index (κ2) is 10.1. The van der Waals surface area contributed by atoms with E-state index in [0.717, 1.165) is 5.56 Å². The van der Waals surface area contributed by atoms with Gasteiger partial charge in [0.2, 0.25) is 11.2 Å². The van der Waals surface area contributed by atoms with E-state index in [0.29, 0.717) is 39.0 Å². The first-order valence-corrected chi connectivity index (χ1v) is 11.0. The molecule has 0 unspecified atom stereocenters. The van der Waals surface area contributed by atoms with E-state index in [1.54, 1.807) is 55.6 Å². The minimum absolute atomic E-state index is 0.105. The Labute approximate surface area is 206 Å². The van der Waals surface area contributed by atoms with E-state index < -0.39 is 5.43 Å². The van der Waals surface area contributed by atoms with Crippen LogP contribution in [0, 0.1) is 6.92 Å². The van der Waals surface area contributed by atoms with Gasteiger partial charge in [0.1, 0.15) is 11.3 Å². The Kier molecular flexibility index (Phi) is 6.98.